The van der Waals surface area contributed by atoms with Crippen LogP contribution in [-0.4, -0.2) is 36.6 Å². The Labute approximate surface area is 189 Å². The summed E-state index contributed by atoms with van der Waals surface area (Å²) in [6, 6.07) is 27.1. The molecule has 1 heterocycles. The predicted molar refractivity (Wildman–Crippen MR) is 134 cm³/mol. The number of rotatable bonds is 8. The number of pyridine rings is 1. The summed E-state index contributed by atoms with van der Waals surface area (Å²) in [5, 5.41) is 14.1. The fourth-order valence-corrected chi connectivity index (χ4v) is 3.23. The Morgan fingerprint density at radius 3 is 2.10 bits per heavy atom. The molecule has 5 N–H and O–H groups in total. The van der Waals surface area contributed by atoms with Gasteiger partial charge >= 0.3 is 0 Å². The summed E-state index contributed by atoms with van der Waals surface area (Å²) in [4.78, 5) is 4.63. The first-order chi connectivity index (χ1) is 13.4. The third kappa shape index (κ3) is 6.47. The lowest BCUT2D eigenvalue weighted by Gasteiger charge is -2.11. The first-order valence-electron chi connectivity index (χ1n) is 9.42. The van der Waals surface area contributed by atoms with Crippen LogP contribution >= 0.6 is 24.8 Å². The first-order valence-corrected chi connectivity index (χ1v) is 9.42. The van der Waals surface area contributed by atoms with E-state index in [1.54, 1.807) is 0 Å². The van der Waals surface area contributed by atoms with E-state index >= 15 is 0 Å². The Bertz CT molecular complexity index is 1040. The molecule has 5 nitrogen and oxygen atoms in total. The van der Waals surface area contributed by atoms with Crippen molar-refractivity contribution in [3.63, 3.8) is 0 Å². The van der Waals surface area contributed by atoms with Gasteiger partial charge in [0.1, 0.15) is 5.82 Å². The molecule has 1 aromatic heterocycles. The van der Waals surface area contributed by atoms with Gasteiger partial charge in [0.05, 0.1) is 5.52 Å². The Morgan fingerprint density at radius 1 is 0.600 bits per heavy atom. The summed E-state index contributed by atoms with van der Waals surface area (Å²) in [5.74, 6) is 0.921. The number of benzene rings is 3. The van der Waals surface area contributed by atoms with Crippen molar-refractivity contribution in [1.29, 1.82) is 0 Å². The monoisotopic (exact) mass is 446 g/mol. The maximum Gasteiger partial charge on any atom is 0.126 e. The van der Waals surface area contributed by atoms with Gasteiger partial charge in [-0.05, 0) is 29.7 Å². The van der Waals surface area contributed by atoms with Crippen LogP contribution in [0.3, 0.4) is 0 Å². The molecule has 0 aliphatic carbocycles. The van der Waals surface area contributed by atoms with E-state index in [0.29, 0.717) is 0 Å². The lowest BCUT2D eigenvalue weighted by molar-refractivity contribution is 0.718. The molecule has 30 heavy (non-hydrogen) atoms. The van der Waals surface area contributed by atoms with Crippen LogP contribution in [0.15, 0.2) is 78.9 Å². The molecule has 0 saturated heterocycles. The standard InChI is InChI=1S/C23H24N4.2ClH.H2O/c1-3-9-20-18(6-1)8-5-11-22(20)25-16-14-24-15-17-26-23-13-12-19-7-2-4-10-21(19)27-23;;;/h1-13,24-25H,14-17H2,(H,26,27);2*1H;1H2. The van der Waals surface area contributed by atoms with E-state index in [-0.39, 0.29) is 30.3 Å². The third-order valence-corrected chi connectivity index (χ3v) is 4.61. The van der Waals surface area contributed by atoms with Gasteiger partial charge in [-0.15, -0.1) is 24.8 Å². The van der Waals surface area contributed by atoms with Gasteiger partial charge in [-0.2, -0.15) is 0 Å². The van der Waals surface area contributed by atoms with Crippen molar-refractivity contribution < 1.29 is 5.48 Å². The van der Waals surface area contributed by atoms with Crippen molar-refractivity contribution in [1.82, 2.24) is 10.3 Å². The molecule has 4 aromatic rings. The number of hydrogen-bond acceptors (Lipinski definition) is 4. The van der Waals surface area contributed by atoms with Crippen LogP contribution in [0.4, 0.5) is 11.5 Å². The number of nitrogens with one attached hydrogen (secondary N) is 3. The number of fused-ring (bicyclic) bond motifs is 2. The highest BCUT2D eigenvalue weighted by Gasteiger charge is 1.99. The molecule has 3 aromatic carbocycles. The van der Waals surface area contributed by atoms with Crippen molar-refractivity contribution in [2.45, 2.75) is 0 Å². The molecule has 7 heteroatoms. The molecular weight excluding hydrogens is 419 g/mol. The van der Waals surface area contributed by atoms with E-state index in [4.69, 9.17) is 0 Å². The smallest absolute Gasteiger partial charge is 0.126 e. The number of halogens is 2. The van der Waals surface area contributed by atoms with Crippen LogP contribution in [0, 0.1) is 0 Å². The second kappa shape index (κ2) is 12.9. The van der Waals surface area contributed by atoms with Crippen LogP contribution in [0.2, 0.25) is 0 Å². The van der Waals surface area contributed by atoms with Crippen molar-refractivity contribution in [2.24, 2.45) is 0 Å². The highest BCUT2D eigenvalue weighted by molar-refractivity contribution is 5.93. The highest BCUT2D eigenvalue weighted by atomic mass is 35.5. The molecular formula is C23H28Cl2N4O. The molecule has 4 rings (SSSR count). The number of aromatic nitrogens is 1. The molecule has 0 amide bonds. The van der Waals surface area contributed by atoms with E-state index in [1.807, 2.05) is 24.3 Å². The van der Waals surface area contributed by atoms with Crippen LogP contribution < -0.4 is 16.0 Å². The van der Waals surface area contributed by atoms with Gasteiger partial charge in [0, 0.05) is 42.6 Å². The van der Waals surface area contributed by atoms with Gasteiger partial charge in [-0.3, -0.25) is 0 Å². The lowest BCUT2D eigenvalue weighted by Crippen LogP contribution is -2.27. The van der Waals surface area contributed by atoms with E-state index in [2.05, 4.69) is 75.5 Å². The minimum absolute atomic E-state index is 0. The molecule has 0 atom stereocenters. The molecule has 0 bridgehead atoms. The first kappa shape index (κ1) is 25.5. The van der Waals surface area contributed by atoms with Crippen LogP contribution in [0.5, 0.6) is 0 Å². The van der Waals surface area contributed by atoms with E-state index in [1.165, 1.54) is 21.8 Å². The zero-order valence-corrected chi connectivity index (χ0v) is 18.2. The molecule has 0 aliphatic rings. The average Bonchev–Trinajstić information content (AvgIpc) is 2.73. The minimum atomic E-state index is 0. The summed E-state index contributed by atoms with van der Waals surface area (Å²) in [5.41, 5.74) is 2.21. The SMILES string of the molecule is Cl.Cl.O.c1ccc2nc(NCCNCCNc3cccc4ccccc34)ccc2c1. The maximum atomic E-state index is 4.63. The summed E-state index contributed by atoms with van der Waals surface area (Å²) in [7, 11) is 0. The lowest BCUT2D eigenvalue weighted by atomic mass is 10.1. The maximum absolute atomic E-state index is 4.63. The van der Waals surface area contributed by atoms with E-state index in [0.717, 1.165) is 37.5 Å². The fraction of sp³-hybridized carbons (Fsp3) is 0.174. The zero-order chi connectivity index (χ0) is 18.3. The van der Waals surface area contributed by atoms with Crippen molar-refractivity contribution in [2.75, 3.05) is 36.8 Å². The molecule has 0 radical (unpaired) electrons. The largest absolute Gasteiger partial charge is 0.412 e. The number of nitrogens with zero attached hydrogens (tertiary/aromatic N) is 1. The fourth-order valence-electron chi connectivity index (χ4n) is 3.23. The van der Waals surface area contributed by atoms with Crippen molar-refractivity contribution >= 4 is 58.0 Å². The normalized spacial score (nSPS) is 9.87. The van der Waals surface area contributed by atoms with Gasteiger partial charge in [-0.1, -0.05) is 54.6 Å². The minimum Gasteiger partial charge on any atom is -0.412 e. The Balaban J connectivity index is 0.00000150. The Hall–Kier alpha value is -2.57. The summed E-state index contributed by atoms with van der Waals surface area (Å²) < 4.78 is 0. The molecule has 0 saturated carbocycles. The summed E-state index contributed by atoms with van der Waals surface area (Å²) in [6.07, 6.45) is 0. The van der Waals surface area contributed by atoms with Gasteiger partial charge in [0.25, 0.3) is 0 Å². The highest BCUT2D eigenvalue weighted by Crippen LogP contribution is 2.22. The van der Waals surface area contributed by atoms with E-state index < -0.39 is 0 Å². The third-order valence-electron chi connectivity index (χ3n) is 4.61. The Kier molecular flexibility index (Phi) is 10.9. The predicted octanol–water partition coefficient (Wildman–Crippen LogP) is 4.52. The van der Waals surface area contributed by atoms with Crippen molar-refractivity contribution in [3.8, 4) is 0 Å². The zero-order valence-electron chi connectivity index (χ0n) is 16.6. The van der Waals surface area contributed by atoms with Crippen LogP contribution in [-0.2, 0) is 0 Å². The topological polar surface area (TPSA) is 80.5 Å². The molecule has 0 spiro atoms. The summed E-state index contributed by atoms with van der Waals surface area (Å²) >= 11 is 0. The number of para-hydroxylation sites is 1. The van der Waals surface area contributed by atoms with Gasteiger partial charge in [0.2, 0.25) is 0 Å². The Morgan fingerprint density at radius 2 is 1.27 bits per heavy atom. The van der Waals surface area contributed by atoms with Crippen molar-refractivity contribution in [3.05, 3.63) is 78.9 Å². The number of anilines is 2. The van der Waals surface area contributed by atoms with Gasteiger partial charge < -0.3 is 21.4 Å². The molecule has 0 unspecified atom stereocenters. The average molecular weight is 447 g/mol. The second-order valence-corrected chi connectivity index (χ2v) is 6.52. The van der Waals surface area contributed by atoms with E-state index in [9.17, 15) is 0 Å². The van der Waals surface area contributed by atoms with Crippen LogP contribution in [0.1, 0.15) is 0 Å². The molecule has 0 aliphatic heterocycles. The molecule has 160 valence electrons. The second-order valence-electron chi connectivity index (χ2n) is 6.52. The quantitative estimate of drug-likeness (QED) is 0.347. The number of hydrogen-bond donors (Lipinski definition) is 3. The van der Waals surface area contributed by atoms with Crippen LogP contribution in [0.25, 0.3) is 21.7 Å². The van der Waals surface area contributed by atoms with Gasteiger partial charge in [-0.25, -0.2) is 4.98 Å². The summed E-state index contributed by atoms with van der Waals surface area (Å²) in [6.45, 7) is 3.55. The van der Waals surface area contributed by atoms with Gasteiger partial charge in [0.15, 0.2) is 0 Å². The molecule has 0 fully saturated rings.